The number of nitrogens with zero attached hydrogens (tertiary/aromatic N) is 1. The first-order valence-electron chi connectivity index (χ1n) is 6.10. The van der Waals surface area contributed by atoms with Crippen LogP contribution in [0.1, 0.15) is 0 Å². The molecule has 0 aliphatic carbocycles. The van der Waals surface area contributed by atoms with E-state index in [-0.39, 0.29) is 16.5 Å². The van der Waals surface area contributed by atoms with Crippen LogP contribution in [-0.2, 0) is 10.0 Å². The van der Waals surface area contributed by atoms with E-state index in [0.29, 0.717) is 5.69 Å². The van der Waals surface area contributed by atoms with Crippen LogP contribution >= 0.6 is 11.6 Å². The molecule has 0 aliphatic rings. The molecule has 0 unspecified atom stereocenters. The monoisotopic (exact) mass is 325 g/mol. The van der Waals surface area contributed by atoms with Gasteiger partial charge in [-0.1, -0.05) is 35.9 Å². The van der Waals surface area contributed by atoms with Crippen LogP contribution in [0.25, 0.3) is 0 Å². The highest BCUT2D eigenvalue weighted by Gasteiger charge is 2.24. The summed E-state index contributed by atoms with van der Waals surface area (Å²) < 4.78 is 39.8. The van der Waals surface area contributed by atoms with Crippen molar-refractivity contribution >= 4 is 27.3 Å². The van der Waals surface area contributed by atoms with Crippen LogP contribution in [0.15, 0.2) is 66.1 Å². The molecule has 0 aromatic heterocycles. The van der Waals surface area contributed by atoms with Crippen molar-refractivity contribution in [3.05, 3.63) is 72.0 Å². The van der Waals surface area contributed by atoms with E-state index in [0.717, 1.165) is 12.1 Å². The number of anilines is 1. The largest absolute Gasteiger partial charge is 0.264 e. The highest BCUT2D eigenvalue weighted by atomic mass is 35.5. The molecule has 2 aromatic rings. The highest BCUT2D eigenvalue weighted by Crippen LogP contribution is 2.26. The molecular weight excluding hydrogens is 313 g/mol. The molecule has 0 aliphatic heterocycles. The zero-order chi connectivity index (χ0) is 15.5. The summed E-state index contributed by atoms with van der Waals surface area (Å²) in [6.45, 7) is 3.67. The van der Waals surface area contributed by atoms with E-state index in [2.05, 4.69) is 6.58 Å². The smallest absolute Gasteiger partial charge is 0.263 e. The number of rotatable bonds is 5. The third-order valence-electron chi connectivity index (χ3n) is 2.82. The van der Waals surface area contributed by atoms with Crippen LogP contribution in [0.4, 0.5) is 10.1 Å². The predicted octanol–water partition coefficient (Wildman–Crippen LogP) is 3.86. The Morgan fingerprint density at radius 1 is 1.19 bits per heavy atom. The minimum atomic E-state index is -3.84. The Balaban J connectivity index is 2.52. The molecular formula is C15H13ClFNO2S. The van der Waals surface area contributed by atoms with Gasteiger partial charge < -0.3 is 0 Å². The molecule has 0 saturated heterocycles. The molecule has 110 valence electrons. The van der Waals surface area contributed by atoms with Crippen molar-refractivity contribution in [1.82, 2.24) is 0 Å². The number of sulfonamides is 1. The maximum absolute atomic E-state index is 13.2. The highest BCUT2D eigenvalue weighted by molar-refractivity contribution is 7.92. The van der Waals surface area contributed by atoms with Crippen LogP contribution < -0.4 is 4.31 Å². The van der Waals surface area contributed by atoms with Crippen molar-refractivity contribution in [1.29, 1.82) is 0 Å². The van der Waals surface area contributed by atoms with Gasteiger partial charge in [0.25, 0.3) is 10.0 Å². The fraction of sp³-hybridized carbons (Fsp3) is 0.0667. The standard InChI is InChI=1S/C15H13ClFNO2S/c1-2-10-18(12-6-4-3-5-7-12)21(19,20)13-8-9-15(17)14(16)11-13/h2-9,11H,1,10H2. The predicted molar refractivity (Wildman–Crippen MR) is 82.6 cm³/mol. The molecule has 0 N–H and O–H groups in total. The fourth-order valence-electron chi connectivity index (χ4n) is 1.82. The van der Waals surface area contributed by atoms with Gasteiger partial charge in [0.05, 0.1) is 22.2 Å². The first kappa shape index (κ1) is 15.5. The molecule has 3 nitrogen and oxygen atoms in total. The molecule has 0 bridgehead atoms. The van der Waals surface area contributed by atoms with Gasteiger partial charge >= 0.3 is 0 Å². The van der Waals surface area contributed by atoms with Gasteiger partial charge in [-0.05, 0) is 30.3 Å². The van der Waals surface area contributed by atoms with Crippen molar-refractivity contribution in [2.24, 2.45) is 0 Å². The van der Waals surface area contributed by atoms with Crippen molar-refractivity contribution in [2.75, 3.05) is 10.8 Å². The van der Waals surface area contributed by atoms with Crippen molar-refractivity contribution in [3.8, 4) is 0 Å². The SMILES string of the molecule is C=CCN(c1ccccc1)S(=O)(=O)c1ccc(F)c(Cl)c1. The third kappa shape index (κ3) is 3.25. The summed E-state index contributed by atoms with van der Waals surface area (Å²) in [5, 5.41) is -0.234. The first-order chi connectivity index (χ1) is 9.96. The van der Waals surface area contributed by atoms with E-state index in [1.54, 1.807) is 30.3 Å². The Hall–Kier alpha value is -1.85. The number of para-hydroxylation sites is 1. The van der Waals surface area contributed by atoms with Crippen LogP contribution in [0.2, 0.25) is 5.02 Å². The molecule has 0 heterocycles. The van der Waals surface area contributed by atoms with E-state index >= 15 is 0 Å². The van der Waals surface area contributed by atoms with E-state index < -0.39 is 15.8 Å². The lowest BCUT2D eigenvalue weighted by Gasteiger charge is -2.23. The van der Waals surface area contributed by atoms with Gasteiger partial charge in [-0.2, -0.15) is 0 Å². The quantitative estimate of drug-likeness (QED) is 0.783. The average Bonchev–Trinajstić information content (AvgIpc) is 2.48. The molecule has 0 spiro atoms. The van der Waals surface area contributed by atoms with E-state index in [9.17, 15) is 12.8 Å². The summed E-state index contributed by atoms with van der Waals surface area (Å²) >= 11 is 5.67. The summed E-state index contributed by atoms with van der Waals surface area (Å²) in [6, 6.07) is 11.9. The van der Waals surface area contributed by atoms with Crippen LogP contribution in [0.3, 0.4) is 0 Å². The lowest BCUT2D eigenvalue weighted by Crippen LogP contribution is -2.31. The van der Waals surface area contributed by atoms with E-state index in [1.807, 2.05) is 0 Å². The van der Waals surface area contributed by atoms with Crippen molar-refractivity contribution in [3.63, 3.8) is 0 Å². The average molecular weight is 326 g/mol. The molecule has 2 rings (SSSR count). The fourth-order valence-corrected chi connectivity index (χ4v) is 3.53. The zero-order valence-electron chi connectivity index (χ0n) is 11.0. The van der Waals surface area contributed by atoms with Gasteiger partial charge in [0, 0.05) is 0 Å². The van der Waals surface area contributed by atoms with E-state index in [1.165, 1.54) is 16.4 Å². The van der Waals surface area contributed by atoms with Crippen molar-refractivity contribution < 1.29 is 12.8 Å². The molecule has 2 aromatic carbocycles. The molecule has 0 saturated carbocycles. The minimum Gasteiger partial charge on any atom is -0.263 e. The van der Waals surface area contributed by atoms with Crippen molar-refractivity contribution in [2.45, 2.75) is 4.90 Å². The number of halogens is 2. The first-order valence-corrected chi connectivity index (χ1v) is 7.92. The molecule has 0 amide bonds. The second-order valence-corrected chi connectivity index (χ2v) is 6.51. The Labute approximate surface area is 128 Å². The summed E-state index contributed by atoms with van der Waals surface area (Å²) in [7, 11) is -3.84. The summed E-state index contributed by atoms with van der Waals surface area (Å²) in [4.78, 5) is -0.0698. The molecule has 0 atom stereocenters. The van der Waals surface area contributed by atoms with Crippen LogP contribution in [-0.4, -0.2) is 15.0 Å². The van der Waals surface area contributed by atoms with Gasteiger partial charge in [0.15, 0.2) is 0 Å². The number of benzene rings is 2. The summed E-state index contributed by atoms with van der Waals surface area (Å²) in [6.07, 6.45) is 1.48. The minimum absolute atomic E-state index is 0.0698. The Morgan fingerprint density at radius 2 is 1.86 bits per heavy atom. The van der Waals surface area contributed by atoms with E-state index in [4.69, 9.17) is 11.6 Å². The maximum atomic E-state index is 13.2. The molecule has 6 heteroatoms. The Bertz CT molecular complexity index is 748. The van der Waals surface area contributed by atoms with Gasteiger partial charge in [-0.15, -0.1) is 6.58 Å². The topological polar surface area (TPSA) is 37.4 Å². The lowest BCUT2D eigenvalue weighted by molar-refractivity contribution is 0.591. The second-order valence-electron chi connectivity index (χ2n) is 4.24. The van der Waals surface area contributed by atoms with Gasteiger partial charge in [-0.3, -0.25) is 4.31 Å². The van der Waals surface area contributed by atoms with Gasteiger partial charge in [0.1, 0.15) is 5.82 Å². The number of hydrogen-bond donors (Lipinski definition) is 0. The van der Waals surface area contributed by atoms with Crippen LogP contribution in [0, 0.1) is 5.82 Å². The third-order valence-corrected chi connectivity index (χ3v) is 4.90. The maximum Gasteiger partial charge on any atom is 0.264 e. The molecule has 0 radical (unpaired) electrons. The normalized spacial score (nSPS) is 11.1. The summed E-state index contributed by atoms with van der Waals surface area (Å²) in [5.41, 5.74) is 0.498. The second kappa shape index (κ2) is 6.28. The van der Waals surface area contributed by atoms with Gasteiger partial charge in [0.2, 0.25) is 0 Å². The van der Waals surface area contributed by atoms with Gasteiger partial charge in [-0.25, -0.2) is 12.8 Å². The Morgan fingerprint density at radius 3 is 2.43 bits per heavy atom. The molecule has 0 fully saturated rings. The number of hydrogen-bond acceptors (Lipinski definition) is 2. The Kier molecular flexibility index (Phi) is 4.65. The lowest BCUT2D eigenvalue weighted by atomic mass is 10.3. The van der Waals surface area contributed by atoms with Crippen LogP contribution in [0.5, 0.6) is 0 Å². The summed E-state index contributed by atoms with van der Waals surface area (Å²) in [5.74, 6) is -0.661. The molecule has 21 heavy (non-hydrogen) atoms. The zero-order valence-corrected chi connectivity index (χ0v) is 12.6.